The summed E-state index contributed by atoms with van der Waals surface area (Å²) in [7, 11) is 0. The molecule has 0 bridgehead atoms. The van der Waals surface area contributed by atoms with Crippen LogP contribution in [0.25, 0.3) is 0 Å². The number of hydrogen-bond donors (Lipinski definition) is 2. The van der Waals surface area contributed by atoms with E-state index in [9.17, 15) is 14.4 Å². The zero-order valence-corrected chi connectivity index (χ0v) is 21.3. The van der Waals surface area contributed by atoms with Crippen molar-refractivity contribution in [3.63, 3.8) is 0 Å². The van der Waals surface area contributed by atoms with Crippen molar-refractivity contribution >= 4 is 41.0 Å². The first kappa shape index (κ1) is 25.7. The molecular weight excluding hydrogens is 478 g/mol. The summed E-state index contributed by atoms with van der Waals surface area (Å²) in [6.45, 7) is 4.07. The van der Waals surface area contributed by atoms with E-state index in [0.717, 1.165) is 50.0 Å². The van der Waals surface area contributed by atoms with Crippen LogP contribution in [-0.4, -0.2) is 65.7 Å². The molecule has 3 amide bonds. The lowest BCUT2D eigenvalue weighted by molar-refractivity contribution is -0.140. The molecule has 0 saturated carbocycles. The molecule has 0 aliphatic carbocycles. The minimum atomic E-state index is -0.703. The van der Waals surface area contributed by atoms with Crippen LogP contribution in [0.3, 0.4) is 0 Å². The molecule has 2 N–H and O–H groups in total. The zero-order chi connectivity index (χ0) is 25.5. The van der Waals surface area contributed by atoms with Gasteiger partial charge in [-0.1, -0.05) is 29.8 Å². The van der Waals surface area contributed by atoms with E-state index in [2.05, 4.69) is 15.6 Å². The van der Waals surface area contributed by atoms with E-state index < -0.39 is 11.9 Å². The molecule has 1 atom stereocenters. The Hall–Kier alpha value is -3.39. The SMILES string of the molecule is Cc1cccc(NC(=N[C@H]2CCCCN(CC(=O)N3CCCC3)C2=O)NC(=O)c2cccc(Cl)c2)c1. The van der Waals surface area contributed by atoms with Crippen molar-refractivity contribution in [1.82, 2.24) is 15.1 Å². The van der Waals surface area contributed by atoms with E-state index in [1.807, 2.05) is 36.1 Å². The van der Waals surface area contributed by atoms with E-state index in [4.69, 9.17) is 11.6 Å². The normalized spacial score (nSPS) is 18.7. The van der Waals surface area contributed by atoms with E-state index in [1.54, 1.807) is 29.2 Å². The Morgan fingerprint density at radius 1 is 1.03 bits per heavy atom. The number of benzene rings is 2. The molecular formula is C27H32ClN5O3. The van der Waals surface area contributed by atoms with E-state index >= 15 is 0 Å². The van der Waals surface area contributed by atoms with Crippen molar-refractivity contribution in [3.05, 3.63) is 64.7 Å². The molecule has 9 heteroatoms. The highest BCUT2D eigenvalue weighted by atomic mass is 35.5. The van der Waals surface area contributed by atoms with Crippen molar-refractivity contribution in [2.75, 3.05) is 31.5 Å². The quantitative estimate of drug-likeness (QED) is 0.473. The van der Waals surface area contributed by atoms with Crippen LogP contribution in [0.5, 0.6) is 0 Å². The Labute approximate surface area is 216 Å². The number of carbonyl (C=O) groups excluding carboxylic acids is 3. The van der Waals surface area contributed by atoms with Crippen molar-refractivity contribution < 1.29 is 14.4 Å². The van der Waals surface area contributed by atoms with Crippen LogP contribution in [-0.2, 0) is 9.59 Å². The predicted molar refractivity (Wildman–Crippen MR) is 141 cm³/mol. The molecule has 36 heavy (non-hydrogen) atoms. The number of nitrogens with zero attached hydrogens (tertiary/aromatic N) is 3. The first-order valence-corrected chi connectivity index (χ1v) is 12.8. The molecule has 190 valence electrons. The monoisotopic (exact) mass is 509 g/mol. The second-order valence-electron chi connectivity index (χ2n) is 9.30. The second kappa shape index (κ2) is 12.0. The summed E-state index contributed by atoms with van der Waals surface area (Å²) >= 11 is 6.06. The molecule has 2 aromatic carbocycles. The van der Waals surface area contributed by atoms with Crippen molar-refractivity contribution in [1.29, 1.82) is 0 Å². The van der Waals surface area contributed by atoms with Gasteiger partial charge in [0.15, 0.2) is 0 Å². The minimum absolute atomic E-state index is 0.0159. The van der Waals surface area contributed by atoms with Crippen LogP contribution in [0.1, 0.15) is 48.0 Å². The average molecular weight is 510 g/mol. The Balaban J connectivity index is 1.56. The highest BCUT2D eigenvalue weighted by Crippen LogP contribution is 2.18. The van der Waals surface area contributed by atoms with Crippen LogP contribution >= 0.6 is 11.6 Å². The number of nitrogens with one attached hydrogen (secondary N) is 2. The molecule has 2 aromatic rings. The van der Waals surface area contributed by atoms with Gasteiger partial charge in [-0.15, -0.1) is 0 Å². The largest absolute Gasteiger partial charge is 0.341 e. The smallest absolute Gasteiger partial charge is 0.258 e. The Bertz CT molecular complexity index is 1150. The summed E-state index contributed by atoms with van der Waals surface area (Å²) in [6, 6.07) is 13.6. The fraction of sp³-hybridized carbons (Fsp3) is 0.407. The molecule has 2 saturated heterocycles. The summed E-state index contributed by atoms with van der Waals surface area (Å²) in [4.78, 5) is 47.2. The maximum absolute atomic E-state index is 13.4. The number of likely N-dealkylation sites (tertiary alicyclic amines) is 2. The lowest BCUT2D eigenvalue weighted by Gasteiger charge is -2.25. The number of aryl methyl sites for hydroxylation is 1. The van der Waals surface area contributed by atoms with Gasteiger partial charge in [0.25, 0.3) is 5.91 Å². The summed E-state index contributed by atoms with van der Waals surface area (Å²) in [5.74, 6) is -0.423. The van der Waals surface area contributed by atoms with E-state index in [1.165, 1.54) is 0 Å². The number of amides is 3. The molecule has 0 aromatic heterocycles. The van der Waals surface area contributed by atoms with Gasteiger partial charge in [0.05, 0.1) is 6.54 Å². The standard InChI is InChI=1S/C27H32ClN5O3/c1-19-8-6-11-22(16-19)29-27(31-25(35)20-9-7-10-21(28)17-20)30-23-12-2-3-15-33(26(23)36)18-24(34)32-13-4-5-14-32/h6-11,16-17,23H,2-5,12-15,18H2,1H3,(H2,29,30,31,35)/t23-/m0/s1. The lowest BCUT2D eigenvalue weighted by Crippen LogP contribution is -2.45. The van der Waals surface area contributed by atoms with Crippen molar-refractivity contribution in [2.24, 2.45) is 4.99 Å². The number of aliphatic imine (C=N–C) groups is 1. The molecule has 2 fully saturated rings. The van der Waals surface area contributed by atoms with Gasteiger partial charge in [0, 0.05) is 35.9 Å². The van der Waals surface area contributed by atoms with Crippen LogP contribution in [0.2, 0.25) is 5.02 Å². The van der Waals surface area contributed by atoms with Crippen LogP contribution in [0, 0.1) is 6.92 Å². The third-order valence-electron chi connectivity index (χ3n) is 6.42. The number of halogens is 1. The second-order valence-corrected chi connectivity index (χ2v) is 9.73. The maximum atomic E-state index is 13.4. The van der Waals surface area contributed by atoms with Crippen LogP contribution in [0.15, 0.2) is 53.5 Å². The van der Waals surface area contributed by atoms with E-state index in [-0.39, 0.29) is 24.3 Å². The Kier molecular flexibility index (Phi) is 8.59. The maximum Gasteiger partial charge on any atom is 0.258 e. The first-order chi connectivity index (χ1) is 17.4. The van der Waals surface area contributed by atoms with Crippen molar-refractivity contribution in [3.8, 4) is 0 Å². The Morgan fingerprint density at radius 2 is 1.78 bits per heavy atom. The van der Waals surface area contributed by atoms with Gasteiger partial charge in [-0.25, -0.2) is 4.99 Å². The summed E-state index contributed by atoms with van der Waals surface area (Å²) < 4.78 is 0. The van der Waals surface area contributed by atoms with Gasteiger partial charge < -0.3 is 15.1 Å². The third-order valence-corrected chi connectivity index (χ3v) is 6.66. The number of carbonyl (C=O) groups is 3. The average Bonchev–Trinajstić information content (AvgIpc) is 3.34. The fourth-order valence-electron chi connectivity index (χ4n) is 4.51. The number of rotatable bonds is 5. The lowest BCUT2D eigenvalue weighted by atomic mass is 10.1. The summed E-state index contributed by atoms with van der Waals surface area (Å²) in [5, 5.41) is 6.42. The molecule has 0 spiro atoms. The van der Waals surface area contributed by atoms with Gasteiger partial charge in [-0.05, 0) is 74.9 Å². The molecule has 2 aliphatic rings. The summed E-state index contributed by atoms with van der Waals surface area (Å²) in [5.41, 5.74) is 2.16. The molecule has 4 rings (SSSR count). The minimum Gasteiger partial charge on any atom is -0.341 e. The molecule has 2 aliphatic heterocycles. The number of guanidine groups is 1. The van der Waals surface area contributed by atoms with Gasteiger partial charge >= 0.3 is 0 Å². The van der Waals surface area contributed by atoms with Crippen LogP contribution in [0.4, 0.5) is 5.69 Å². The predicted octanol–water partition coefficient (Wildman–Crippen LogP) is 3.85. The Morgan fingerprint density at radius 3 is 2.53 bits per heavy atom. The van der Waals surface area contributed by atoms with Gasteiger partial charge in [0.2, 0.25) is 17.8 Å². The summed E-state index contributed by atoms with van der Waals surface area (Å²) in [6.07, 6.45) is 4.16. The van der Waals surface area contributed by atoms with Gasteiger partial charge in [0.1, 0.15) is 6.04 Å². The molecule has 2 heterocycles. The van der Waals surface area contributed by atoms with Gasteiger partial charge in [-0.3, -0.25) is 19.7 Å². The first-order valence-electron chi connectivity index (χ1n) is 12.4. The topological polar surface area (TPSA) is 94.1 Å². The van der Waals surface area contributed by atoms with Crippen LogP contribution < -0.4 is 10.6 Å². The number of hydrogen-bond acceptors (Lipinski definition) is 4. The third kappa shape index (κ3) is 6.85. The molecule has 0 radical (unpaired) electrons. The van der Waals surface area contributed by atoms with Crippen molar-refractivity contribution in [2.45, 2.75) is 45.1 Å². The van der Waals surface area contributed by atoms with Gasteiger partial charge in [-0.2, -0.15) is 0 Å². The zero-order valence-electron chi connectivity index (χ0n) is 20.5. The molecule has 0 unspecified atom stereocenters. The fourth-order valence-corrected chi connectivity index (χ4v) is 4.70. The molecule has 8 nitrogen and oxygen atoms in total. The highest BCUT2D eigenvalue weighted by molar-refractivity contribution is 6.31. The van der Waals surface area contributed by atoms with E-state index in [0.29, 0.717) is 23.6 Å². The number of anilines is 1. The highest BCUT2D eigenvalue weighted by Gasteiger charge is 2.30.